The lowest BCUT2D eigenvalue weighted by atomic mass is 9.97. The first kappa shape index (κ1) is 13.8. The molecule has 0 heterocycles. The highest BCUT2D eigenvalue weighted by molar-refractivity contribution is 5.31. The summed E-state index contributed by atoms with van der Waals surface area (Å²) in [6, 6.07) is 21.1. The van der Waals surface area contributed by atoms with Crippen LogP contribution in [0.15, 0.2) is 60.7 Å². The summed E-state index contributed by atoms with van der Waals surface area (Å²) < 4.78 is 0. The highest BCUT2D eigenvalue weighted by Gasteiger charge is 2.17. The van der Waals surface area contributed by atoms with E-state index in [1.165, 1.54) is 11.1 Å². The fraction of sp³-hybridized carbons (Fsp3) is 0.294. The molecule has 0 aliphatic carbocycles. The van der Waals surface area contributed by atoms with Crippen molar-refractivity contribution in [3.05, 3.63) is 71.8 Å². The average Bonchev–Trinajstić information content (AvgIpc) is 2.40. The summed E-state index contributed by atoms with van der Waals surface area (Å²) in [7, 11) is 0. The van der Waals surface area contributed by atoms with E-state index in [2.05, 4.69) is 53.8 Å². The van der Waals surface area contributed by atoms with E-state index in [1.54, 1.807) is 0 Å². The lowest BCUT2D eigenvalue weighted by Gasteiger charge is -2.25. The summed E-state index contributed by atoms with van der Waals surface area (Å²) in [6.45, 7) is 4.83. The van der Waals surface area contributed by atoms with E-state index in [9.17, 15) is 0 Å². The van der Waals surface area contributed by atoms with Crippen LogP contribution in [0, 0.1) is 0 Å². The maximum Gasteiger partial charge on any atom is 0.0577 e. The number of nitrogens with two attached hydrogens (primary N) is 1. The standard InChI is InChI=1S/C17H22N2/c1-17(2,18)13-19-16(14-9-5-3-6-10-14)15-11-7-4-8-12-15/h3-12,16,19H,13,18H2,1-2H3. The van der Waals surface area contributed by atoms with Gasteiger partial charge in [0.1, 0.15) is 0 Å². The van der Waals surface area contributed by atoms with Gasteiger partial charge in [-0.2, -0.15) is 0 Å². The Balaban J connectivity index is 2.24. The third-order valence-electron chi connectivity index (χ3n) is 3.03. The summed E-state index contributed by atoms with van der Waals surface area (Å²) in [5.41, 5.74) is 8.38. The monoisotopic (exact) mass is 254 g/mol. The van der Waals surface area contributed by atoms with Crippen molar-refractivity contribution in [2.24, 2.45) is 5.73 Å². The zero-order chi connectivity index (χ0) is 13.7. The molecule has 0 aliphatic rings. The molecule has 0 fully saturated rings. The van der Waals surface area contributed by atoms with Gasteiger partial charge in [-0.05, 0) is 25.0 Å². The predicted molar refractivity (Wildman–Crippen MR) is 81.0 cm³/mol. The molecule has 0 unspecified atom stereocenters. The maximum absolute atomic E-state index is 6.08. The van der Waals surface area contributed by atoms with E-state index in [0.717, 1.165) is 6.54 Å². The van der Waals surface area contributed by atoms with Crippen LogP contribution >= 0.6 is 0 Å². The summed E-state index contributed by atoms with van der Waals surface area (Å²) in [5, 5.41) is 3.57. The molecule has 19 heavy (non-hydrogen) atoms. The topological polar surface area (TPSA) is 38.0 Å². The summed E-state index contributed by atoms with van der Waals surface area (Å²) in [4.78, 5) is 0. The third kappa shape index (κ3) is 4.19. The van der Waals surface area contributed by atoms with Crippen LogP contribution < -0.4 is 11.1 Å². The number of rotatable bonds is 5. The van der Waals surface area contributed by atoms with Gasteiger partial charge < -0.3 is 11.1 Å². The van der Waals surface area contributed by atoms with Crippen LogP contribution in [0.2, 0.25) is 0 Å². The minimum Gasteiger partial charge on any atom is -0.324 e. The lowest BCUT2D eigenvalue weighted by molar-refractivity contribution is 0.444. The molecular formula is C17H22N2. The molecule has 0 spiro atoms. The van der Waals surface area contributed by atoms with Crippen molar-refractivity contribution < 1.29 is 0 Å². The number of benzene rings is 2. The second-order valence-electron chi connectivity index (χ2n) is 5.62. The van der Waals surface area contributed by atoms with Crippen LogP contribution in [0.5, 0.6) is 0 Å². The minimum absolute atomic E-state index is 0.185. The van der Waals surface area contributed by atoms with E-state index in [-0.39, 0.29) is 11.6 Å². The van der Waals surface area contributed by atoms with E-state index < -0.39 is 0 Å². The Morgan fingerprint density at radius 2 is 1.32 bits per heavy atom. The SMILES string of the molecule is CC(C)(N)CNC(c1ccccc1)c1ccccc1. The Bertz CT molecular complexity index is 446. The fourth-order valence-electron chi connectivity index (χ4n) is 2.08. The van der Waals surface area contributed by atoms with Crippen LogP contribution in [0.4, 0.5) is 0 Å². The second-order valence-corrected chi connectivity index (χ2v) is 5.62. The second kappa shape index (κ2) is 6.00. The Morgan fingerprint density at radius 1 is 0.895 bits per heavy atom. The van der Waals surface area contributed by atoms with Crippen LogP contribution in [-0.2, 0) is 0 Å². The normalized spacial score (nSPS) is 11.8. The van der Waals surface area contributed by atoms with Gasteiger partial charge in [0, 0.05) is 12.1 Å². The van der Waals surface area contributed by atoms with Gasteiger partial charge >= 0.3 is 0 Å². The zero-order valence-electron chi connectivity index (χ0n) is 11.6. The van der Waals surface area contributed by atoms with E-state index in [4.69, 9.17) is 5.73 Å². The van der Waals surface area contributed by atoms with Crippen molar-refractivity contribution in [2.75, 3.05) is 6.54 Å². The molecule has 2 rings (SSSR count). The molecule has 100 valence electrons. The maximum atomic E-state index is 6.08. The molecule has 0 saturated carbocycles. The van der Waals surface area contributed by atoms with Gasteiger partial charge in [0.25, 0.3) is 0 Å². The summed E-state index contributed by atoms with van der Waals surface area (Å²) >= 11 is 0. The first-order valence-corrected chi connectivity index (χ1v) is 6.68. The Hall–Kier alpha value is -1.64. The molecule has 0 bridgehead atoms. The summed E-state index contributed by atoms with van der Waals surface area (Å²) in [5.74, 6) is 0. The molecule has 2 aromatic rings. The molecule has 3 N–H and O–H groups in total. The lowest BCUT2D eigenvalue weighted by Crippen LogP contribution is -2.44. The van der Waals surface area contributed by atoms with Crippen LogP contribution in [0.1, 0.15) is 31.0 Å². The molecule has 2 aromatic carbocycles. The molecule has 2 heteroatoms. The molecule has 0 radical (unpaired) electrons. The Morgan fingerprint density at radius 3 is 1.68 bits per heavy atom. The fourth-order valence-corrected chi connectivity index (χ4v) is 2.08. The van der Waals surface area contributed by atoms with Gasteiger partial charge in [-0.25, -0.2) is 0 Å². The molecule has 0 saturated heterocycles. The van der Waals surface area contributed by atoms with Gasteiger partial charge in [-0.1, -0.05) is 60.7 Å². The van der Waals surface area contributed by atoms with E-state index in [1.807, 2.05) is 26.0 Å². The van der Waals surface area contributed by atoms with Crippen LogP contribution in [-0.4, -0.2) is 12.1 Å². The van der Waals surface area contributed by atoms with Gasteiger partial charge in [0.2, 0.25) is 0 Å². The number of hydrogen-bond acceptors (Lipinski definition) is 2. The molecular weight excluding hydrogens is 232 g/mol. The van der Waals surface area contributed by atoms with Crippen molar-refractivity contribution in [3.8, 4) is 0 Å². The van der Waals surface area contributed by atoms with Gasteiger partial charge in [0.15, 0.2) is 0 Å². The number of nitrogens with one attached hydrogen (secondary N) is 1. The van der Waals surface area contributed by atoms with Crippen molar-refractivity contribution >= 4 is 0 Å². The Kier molecular flexibility index (Phi) is 4.35. The first-order valence-electron chi connectivity index (χ1n) is 6.68. The highest BCUT2D eigenvalue weighted by Crippen LogP contribution is 2.21. The Labute approximate surface area is 115 Å². The molecule has 0 aromatic heterocycles. The van der Waals surface area contributed by atoms with Gasteiger partial charge in [-0.15, -0.1) is 0 Å². The predicted octanol–water partition coefficient (Wildman–Crippen LogP) is 3.10. The van der Waals surface area contributed by atoms with Crippen molar-refractivity contribution in [2.45, 2.75) is 25.4 Å². The zero-order valence-corrected chi connectivity index (χ0v) is 11.6. The average molecular weight is 254 g/mol. The molecule has 0 aliphatic heterocycles. The van der Waals surface area contributed by atoms with Crippen molar-refractivity contribution in [1.82, 2.24) is 5.32 Å². The van der Waals surface area contributed by atoms with Crippen molar-refractivity contribution in [3.63, 3.8) is 0 Å². The van der Waals surface area contributed by atoms with Gasteiger partial charge in [0.05, 0.1) is 6.04 Å². The molecule has 0 amide bonds. The minimum atomic E-state index is -0.220. The first-order chi connectivity index (χ1) is 9.06. The molecule has 2 nitrogen and oxygen atoms in total. The quantitative estimate of drug-likeness (QED) is 0.860. The smallest absolute Gasteiger partial charge is 0.0577 e. The number of hydrogen-bond donors (Lipinski definition) is 2. The summed E-state index contributed by atoms with van der Waals surface area (Å²) in [6.07, 6.45) is 0. The van der Waals surface area contributed by atoms with Gasteiger partial charge in [-0.3, -0.25) is 0 Å². The van der Waals surface area contributed by atoms with E-state index in [0.29, 0.717) is 0 Å². The van der Waals surface area contributed by atoms with E-state index >= 15 is 0 Å². The van der Waals surface area contributed by atoms with Crippen molar-refractivity contribution in [1.29, 1.82) is 0 Å². The van der Waals surface area contributed by atoms with Crippen LogP contribution in [0.3, 0.4) is 0 Å². The van der Waals surface area contributed by atoms with Crippen LogP contribution in [0.25, 0.3) is 0 Å². The highest BCUT2D eigenvalue weighted by atomic mass is 15.0. The third-order valence-corrected chi connectivity index (χ3v) is 3.03. The largest absolute Gasteiger partial charge is 0.324 e. The molecule has 0 atom stereocenters.